The molecular formula is C25H23ClN6O. The van der Waals surface area contributed by atoms with E-state index in [0.717, 1.165) is 27.8 Å². The molecule has 2 aromatic heterocycles. The number of carbonyl (C=O) groups excluding carboxylic acids is 1. The van der Waals surface area contributed by atoms with Crippen molar-refractivity contribution < 1.29 is 4.79 Å². The van der Waals surface area contributed by atoms with Gasteiger partial charge in [-0.25, -0.2) is 9.97 Å². The number of anilines is 3. The number of nitrogens with zero attached hydrogens (tertiary/aromatic N) is 4. The van der Waals surface area contributed by atoms with Crippen molar-refractivity contribution in [2.45, 2.75) is 6.54 Å². The van der Waals surface area contributed by atoms with Crippen LogP contribution >= 0.6 is 11.6 Å². The molecule has 2 heterocycles. The Kier molecular flexibility index (Phi) is 6.51. The van der Waals surface area contributed by atoms with Gasteiger partial charge in [0.15, 0.2) is 0 Å². The molecule has 0 saturated carbocycles. The number of rotatable bonds is 7. The molecule has 8 heteroatoms. The van der Waals surface area contributed by atoms with E-state index in [1.165, 1.54) is 6.20 Å². The maximum absolute atomic E-state index is 12.3. The average Bonchev–Trinajstić information content (AvgIpc) is 2.83. The van der Waals surface area contributed by atoms with Crippen LogP contribution in [0.2, 0.25) is 5.15 Å². The van der Waals surface area contributed by atoms with Crippen LogP contribution in [-0.4, -0.2) is 35.0 Å². The quantitative estimate of drug-likeness (QED) is 0.368. The van der Waals surface area contributed by atoms with Gasteiger partial charge in [0.2, 0.25) is 5.95 Å². The van der Waals surface area contributed by atoms with Crippen molar-refractivity contribution in [3.05, 3.63) is 89.2 Å². The topological polar surface area (TPSA) is 83.0 Å². The lowest BCUT2D eigenvalue weighted by atomic mass is 10.1. The van der Waals surface area contributed by atoms with E-state index in [-0.39, 0.29) is 5.91 Å². The lowest BCUT2D eigenvalue weighted by Crippen LogP contribution is -2.14. The normalized spacial score (nSPS) is 10.6. The second-order valence-electron chi connectivity index (χ2n) is 7.62. The highest BCUT2D eigenvalue weighted by molar-refractivity contribution is 6.29. The predicted octanol–water partition coefficient (Wildman–Crippen LogP) is 5.25. The van der Waals surface area contributed by atoms with E-state index in [2.05, 4.69) is 32.2 Å². The Morgan fingerprint density at radius 1 is 1.09 bits per heavy atom. The summed E-state index contributed by atoms with van der Waals surface area (Å²) in [5.41, 5.74) is 4.03. The van der Waals surface area contributed by atoms with Gasteiger partial charge in [0.1, 0.15) is 11.0 Å². The van der Waals surface area contributed by atoms with Crippen molar-refractivity contribution in [2.24, 2.45) is 0 Å². The number of fused-ring (bicyclic) bond motifs is 1. The van der Waals surface area contributed by atoms with Crippen LogP contribution in [0.4, 0.5) is 17.5 Å². The first kappa shape index (κ1) is 22.2. The number of hydrogen-bond donors (Lipinski definition) is 2. The number of pyridine rings is 1. The predicted molar refractivity (Wildman–Crippen MR) is 135 cm³/mol. The standard InChI is InChI=1S/C25H23ClN6O/c1-4-16-7-11-20-21(13-16)30-25(32(2)3)31-23(20)28-14-17-5-9-19(10-6-17)29-24(33)18-8-12-22(26)27-15-18/h4-13,15H,1,14H2,2-3H3,(H,29,33)(H,28,30,31). The van der Waals surface area contributed by atoms with E-state index in [4.69, 9.17) is 11.6 Å². The number of amides is 1. The molecule has 0 aliphatic heterocycles. The van der Waals surface area contributed by atoms with Gasteiger partial charge in [-0.2, -0.15) is 4.98 Å². The zero-order valence-corrected chi connectivity index (χ0v) is 19.1. The van der Waals surface area contributed by atoms with E-state index < -0.39 is 0 Å². The van der Waals surface area contributed by atoms with Crippen LogP contribution in [0.15, 0.2) is 67.4 Å². The van der Waals surface area contributed by atoms with E-state index >= 15 is 0 Å². The Morgan fingerprint density at radius 3 is 2.55 bits per heavy atom. The number of halogens is 1. The van der Waals surface area contributed by atoms with Crippen molar-refractivity contribution >= 4 is 51.9 Å². The number of benzene rings is 2. The Balaban J connectivity index is 1.48. The second kappa shape index (κ2) is 9.67. The lowest BCUT2D eigenvalue weighted by Gasteiger charge is -2.15. The average molecular weight is 459 g/mol. The Hall–Kier alpha value is -3.97. The highest BCUT2D eigenvalue weighted by Crippen LogP contribution is 2.25. The summed E-state index contributed by atoms with van der Waals surface area (Å²) in [6, 6.07) is 16.8. The second-order valence-corrected chi connectivity index (χ2v) is 8.01. The maximum atomic E-state index is 12.3. The number of aromatic nitrogens is 3. The first-order valence-electron chi connectivity index (χ1n) is 10.3. The molecule has 2 aromatic carbocycles. The summed E-state index contributed by atoms with van der Waals surface area (Å²) in [6.45, 7) is 4.40. The van der Waals surface area contributed by atoms with Gasteiger partial charge in [0, 0.05) is 37.9 Å². The van der Waals surface area contributed by atoms with Gasteiger partial charge in [-0.05, 0) is 47.5 Å². The summed E-state index contributed by atoms with van der Waals surface area (Å²) in [6.07, 6.45) is 3.25. The van der Waals surface area contributed by atoms with Crippen molar-refractivity contribution in [1.29, 1.82) is 0 Å². The zero-order chi connectivity index (χ0) is 23.4. The summed E-state index contributed by atoms with van der Waals surface area (Å²) in [7, 11) is 3.82. The van der Waals surface area contributed by atoms with Gasteiger partial charge >= 0.3 is 0 Å². The molecule has 166 valence electrons. The van der Waals surface area contributed by atoms with E-state index in [9.17, 15) is 4.79 Å². The number of nitrogens with one attached hydrogen (secondary N) is 2. The first-order chi connectivity index (χ1) is 15.9. The fourth-order valence-corrected chi connectivity index (χ4v) is 3.31. The Morgan fingerprint density at radius 2 is 1.88 bits per heavy atom. The number of carbonyl (C=O) groups is 1. The van der Waals surface area contributed by atoms with Crippen LogP contribution in [0.5, 0.6) is 0 Å². The van der Waals surface area contributed by atoms with E-state index in [0.29, 0.717) is 28.9 Å². The molecule has 0 bridgehead atoms. The molecule has 0 aliphatic rings. The molecule has 0 radical (unpaired) electrons. The minimum absolute atomic E-state index is 0.243. The molecule has 4 aromatic rings. The molecule has 1 amide bonds. The summed E-state index contributed by atoms with van der Waals surface area (Å²) >= 11 is 5.77. The van der Waals surface area contributed by atoms with E-state index in [1.807, 2.05) is 61.5 Å². The van der Waals surface area contributed by atoms with Gasteiger partial charge in [-0.15, -0.1) is 0 Å². The fraction of sp³-hybridized carbons (Fsp3) is 0.120. The minimum atomic E-state index is -0.243. The van der Waals surface area contributed by atoms with Gasteiger partial charge in [-0.3, -0.25) is 4.79 Å². The van der Waals surface area contributed by atoms with Crippen LogP contribution in [0, 0.1) is 0 Å². The molecule has 0 aliphatic carbocycles. The summed E-state index contributed by atoms with van der Waals surface area (Å²) in [5.74, 6) is 1.14. The fourth-order valence-electron chi connectivity index (χ4n) is 3.20. The number of hydrogen-bond acceptors (Lipinski definition) is 6. The molecule has 2 N–H and O–H groups in total. The summed E-state index contributed by atoms with van der Waals surface area (Å²) < 4.78 is 0. The molecule has 0 saturated heterocycles. The van der Waals surface area contributed by atoms with Crippen LogP contribution < -0.4 is 15.5 Å². The van der Waals surface area contributed by atoms with Crippen LogP contribution in [0.1, 0.15) is 21.5 Å². The Bertz CT molecular complexity index is 1300. The molecule has 0 spiro atoms. The van der Waals surface area contributed by atoms with Gasteiger partial charge < -0.3 is 15.5 Å². The Labute approximate surface area is 197 Å². The van der Waals surface area contributed by atoms with Crippen molar-refractivity contribution in [3.8, 4) is 0 Å². The van der Waals surface area contributed by atoms with Gasteiger partial charge in [-0.1, -0.05) is 42.5 Å². The monoisotopic (exact) mass is 458 g/mol. The summed E-state index contributed by atoms with van der Waals surface area (Å²) in [5, 5.41) is 7.56. The van der Waals surface area contributed by atoms with Crippen LogP contribution in [-0.2, 0) is 6.54 Å². The third-order valence-electron chi connectivity index (χ3n) is 5.01. The summed E-state index contributed by atoms with van der Waals surface area (Å²) in [4.78, 5) is 27.5. The minimum Gasteiger partial charge on any atom is -0.365 e. The SMILES string of the molecule is C=Cc1ccc2c(NCc3ccc(NC(=O)c4ccc(Cl)nc4)cc3)nc(N(C)C)nc2c1. The molecule has 0 atom stereocenters. The molecule has 0 fully saturated rings. The van der Waals surface area contributed by atoms with Gasteiger partial charge in [0.25, 0.3) is 5.91 Å². The van der Waals surface area contributed by atoms with Crippen LogP contribution in [0.3, 0.4) is 0 Å². The van der Waals surface area contributed by atoms with E-state index in [1.54, 1.807) is 18.2 Å². The molecule has 7 nitrogen and oxygen atoms in total. The third-order valence-corrected chi connectivity index (χ3v) is 5.23. The molecule has 4 rings (SSSR count). The van der Waals surface area contributed by atoms with Crippen molar-refractivity contribution in [2.75, 3.05) is 29.6 Å². The lowest BCUT2D eigenvalue weighted by molar-refractivity contribution is 0.102. The highest BCUT2D eigenvalue weighted by Gasteiger charge is 2.10. The maximum Gasteiger partial charge on any atom is 0.257 e. The van der Waals surface area contributed by atoms with Crippen LogP contribution in [0.25, 0.3) is 17.0 Å². The zero-order valence-electron chi connectivity index (χ0n) is 18.3. The van der Waals surface area contributed by atoms with Crippen molar-refractivity contribution in [1.82, 2.24) is 15.0 Å². The third kappa shape index (κ3) is 5.27. The molecule has 0 unspecified atom stereocenters. The largest absolute Gasteiger partial charge is 0.365 e. The molecule has 33 heavy (non-hydrogen) atoms. The smallest absolute Gasteiger partial charge is 0.257 e. The molecular weight excluding hydrogens is 436 g/mol. The van der Waals surface area contributed by atoms with Gasteiger partial charge in [0.05, 0.1) is 11.1 Å². The first-order valence-corrected chi connectivity index (χ1v) is 10.7. The van der Waals surface area contributed by atoms with Crippen molar-refractivity contribution in [3.63, 3.8) is 0 Å². The highest BCUT2D eigenvalue weighted by atomic mass is 35.5.